The molecule has 0 heterocycles. The van der Waals surface area contributed by atoms with Crippen LogP contribution in [-0.2, 0) is 9.59 Å². The van der Waals surface area contributed by atoms with Crippen LogP contribution in [-0.4, -0.2) is 49.7 Å². The first-order valence-corrected chi connectivity index (χ1v) is 8.92. The molecule has 2 amide bonds. The van der Waals surface area contributed by atoms with Crippen LogP contribution in [0, 0.1) is 6.92 Å². The maximum absolute atomic E-state index is 11.9. The lowest BCUT2D eigenvalue weighted by molar-refractivity contribution is -0.130. The fourth-order valence-corrected chi connectivity index (χ4v) is 2.17. The molecule has 0 bridgehead atoms. The third-order valence-corrected chi connectivity index (χ3v) is 3.99. The second kappa shape index (κ2) is 10.1. The standard InChI is InChI=1S/C21H26N4O3/c1-15-5-9-18(10-6-15)22-13-20(26)24-23-16(2)17-7-11-19(12-8-17)28-14-21(27)25(3)4/h5-12,22H,13-14H2,1-4H3,(H,24,26)/b23-16+. The second-order valence-corrected chi connectivity index (χ2v) is 6.55. The van der Waals surface area contributed by atoms with Gasteiger partial charge in [0, 0.05) is 19.8 Å². The lowest BCUT2D eigenvalue weighted by atomic mass is 10.1. The Hall–Kier alpha value is -3.35. The maximum Gasteiger partial charge on any atom is 0.259 e. The van der Waals surface area contributed by atoms with Gasteiger partial charge < -0.3 is 15.0 Å². The predicted octanol–water partition coefficient (Wildman–Crippen LogP) is 2.41. The largest absolute Gasteiger partial charge is 0.484 e. The van der Waals surface area contributed by atoms with Gasteiger partial charge in [0.1, 0.15) is 5.75 Å². The number of nitrogens with zero attached hydrogens (tertiary/aromatic N) is 2. The maximum atomic E-state index is 11.9. The lowest BCUT2D eigenvalue weighted by Gasteiger charge is -2.11. The van der Waals surface area contributed by atoms with Gasteiger partial charge in [-0.1, -0.05) is 17.7 Å². The molecule has 7 heteroatoms. The molecule has 28 heavy (non-hydrogen) atoms. The summed E-state index contributed by atoms with van der Waals surface area (Å²) in [5, 5.41) is 7.17. The number of anilines is 1. The van der Waals surface area contributed by atoms with E-state index in [4.69, 9.17) is 4.74 Å². The van der Waals surface area contributed by atoms with Crippen molar-refractivity contribution < 1.29 is 14.3 Å². The van der Waals surface area contributed by atoms with Crippen LogP contribution in [0.25, 0.3) is 0 Å². The van der Waals surface area contributed by atoms with Gasteiger partial charge in [-0.05, 0) is 55.8 Å². The van der Waals surface area contributed by atoms with Crippen LogP contribution in [0.5, 0.6) is 5.75 Å². The van der Waals surface area contributed by atoms with Crippen LogP contribution >= 0.6 is 0 Å². The summed E-state index contributed by atoms with van der Waals surface area (Å²) < 4.78 is 5.43. The molecule has 7 nitrogen and oxygen atoms in total. The van der Waals surface area contributed by atoms with Crippen molar-refractivity contribution in [2.75, 3.05) is 32.6 Å². The zero-order valence-corrected chi connectivity index (χ0v) is 16.7. The SMILES string of the molecule is C/C(=N\NC(=O)CNc1ccc(C)cc1)c1ccc(OCC(=O)N(C)C)cc1. The molecule has 2 aromatic carbocycles. The molecule has 2 N–H and O–H groups in total. The van der Waals surface area contributed by atoms with Gasteiger partial charge in [0.2, 0.25) is 0 Å². The van der Waals surface area contributed by atoms with Crippen molar-refractivity contribution >= 4 is 23.2 Å². The topological polar surface area (TPSA) is 83.0 Å². The van der Waals surface area contributed by atoms with Crippen LogP contribution in [0.4, 0.5) is 5.69 Å². The van der Waals surface area contributed by atoms with Gasteiger partial charge >= 0.3 is 0 Å². The molecule has 148 valence electrons. The van der Waals surface area contributed by atoms with E-state index >= 15 is 0 Å². The molecule has 2 aromatic rings. The highest BCUT2D eigenvalue weighted by Gasteiger charge is 2.06. The first-order valence-electron chi connectivity index (χ1n) is 8.92. The molecule has 0 aliphatic carbocycles. The Balaban J connectivity index is 1.82. The molecule has 0 fully saturated rings. The van der Waals surface area contributed by atoms with Crippen LogP contribution in [0.1, 0.15) is 18.1 Å². The Kier molecular flexibility index (Phi) is 7.56. The first-order chi connectivity index (χ1) is 13.3. The first kappa shape index (κ1) is 21.0. The third-order valence-electron chi connectivity index (χ3n) is 3.99. The van der Waals surface area contributed by atoms with Gasteiger partial charge in [-0.15, -0.1) is 0 Å². The molecule has 0 unspecified atom stereocenters. The van der Waals surface area contributed by atoms with Crippen LogP contribution < -0.4 is 15.5 Å². The number of likely N-dealkylation sites (N-methyl/N-ethyl adjacent to an activating group) is 1. The minimum atomic E-state index is -0.234. The highest BCUT2D eigenvalue weighted by atomic mass is 16.5. The molecular weight excluding hydrogens is 356 g/mol. The molecule has 0 atom stereocenters. The summed E-state index contributed by atoms with van der Waals surface area (Å²) in [5.41, 5.74) is 6.09. The quantitative estimate of drug-likeness (QED) is 0.543. The van der Waals surface area contributed by atoms with Gasteiger partial charge in [-0.2, -0.15) is 5.10 Å². The number of ether oxygens (including phenoxy) is 1. The van der Waals surface area contributed by atoms with Gasteiger partial charge in [0.25, 0.3) is 11.8 Å². The third kappa shape index (κ3) is 6.75. The summed E-state index contributed by atoms with van der Waals surface area (Å²) in [5.74, 6) is 0.254. The Morgan fingerprint density at radius 1 is 1.04 bits per heavy atom. The van der Waals surface area contributed by atoms with E-state index in [0.717, 1.165) is 16.8 Å². The second-order valence-electron chi connectivity index (χ2n) is 6.55. The normalized spacial score (nSPS) is 10.9. The predicted molar refractivity (Wildman–Crippen MR) is 111 cm³/mol. The van der Waals surface area contributed by atoms with Gasteiger partial charge in [0.05, 0.1) is 12.3 Å². The zero-order chi connectivity index (χ0) is 20.5. The van der Waals surface area contributed by atoms with Crippen molar-refractivity contribution in [2.24, 2.45) is 5.10 Å². The number of benzene rings is 2. The van der Waals surface area contributed by atoms with E-state index in [2.05, 4.69) is 15.8 Å². The molecule has 0 aliphatic heterocycles. The summed E-state index contributed by atoms with van der Waals surface area (Å²) in [4.78, 5) is 24.9. The summed E-state index contributed by atoms with van der Waals surface area (Å²) in [7, 11) is 3.36. The molecule has 0 radical (unpaired) electrons. The number of aryl methyl sites for hydroxylation is 1. The van der Waals surface area contributed by atoms with Gasteiger partial charge in [-0.25, -0.2) is 5.43 Å². The van der Waals surface area contributed by atoms with Crippen LogP contribution in [0.2, 0.25) is 0 Å². The Bertz CT molecular complexity index is 828. The Labute approximate surface area is 165 Å². The highest BCUT2D eigenvalue weighted by Crippen LogP contribution is 2.13. The lowest BCUT2D eigenvalue weighted by Crippen LogP contribution is -2.27. The molecular formula is C21H26N4O3. The van der Waals surface area contributed by atoms with E-state index < -0.39 is 0 Å². The number of nitrogens with one attached hydrogen (secondary N) is 2. The smallest absolute Gasteiger partial charge is 0.259 e. The fraction of sp³-hybridized carbons (Fsp3) is 0.286. The van der Waals surface area contributed by atoms with Crippen molar-refractivity contribution in [1.29, 1.82) is 0 Å². The highest BCUT2D eigenvalue weighted by molar-refractivity contribution is 5.99. The molecule has 0 aliphatic rings. The molecule has 0 spiro atoms. The molecule has 2 rings (SSSR count). The minimum Gasteiger partial charge on any atom is -0.484 e. The average molecular weight is 382 g/mol. The fourth-order valence-electron chi connectivity index (χ4n) is 2.17. The van der Waals surface area contributed by atoms with E-state index in [9.17, 15) is 9.59 Å². The Morgan fingerprint density at radius 2 is 1.68 bits per heavy atom. The molecule has 0 saturated heterocycles. The number of carbonyl (C=O) groups is 2. The number of hydrogen-bond acceptors (Lipinski definition) is 5. The summed E-state index contributed by atoms with van der Waals surface area (Å²) in [6, 6.07) is 15.0. The van der Waals surface area contributed by atoms with Crippen LogP contribution in [0.3, 0.4) is 0 Å². The molecule has 0 aromatic heterocycles. The zero-order valence-electron chi connectivity index (χ0n) is 16.7. The van der Waals surface area contributed by atoms with E-state index in [0.29, 0.717) is 11.5 Å². The van der Waals surface area contributed by atoms with E-state index in [-0.39, 0.29) is 25.0 Å². The van der Waals surface area contributed by atoms with Crippen molar-refractivity contribution in [3.63, 3.8) is 0 Å². The number of rotatable bonds is 8. The summed E-state index contributed by atoms with van der Waals surface area (Å²) in [6.45, 7) is 3.94. The summed E-state index contributed by atoms with van der Waals surface area (Å²) in [6.07, 6.45) is 0. The van der Waals surface area contributed by atoms with E-state index in [1.165, 1.54) is 4.90 Å². The van der Waals surface area contributed by atoms with E-state index in [1.54, 1.807) is 33.2 Å². The monoisotopic (exact) mass is 382 g/mol. The number of carbonyl (C=O) groups excluding carboxylic acids is 2. The molecule has 0 saturated carbocycles. The van der Waals surface area contributed by atoms with Crippen molar-refractivity contribution in [2.45, 2.75) is 13.8 Å². The average Bonchev–Trinajstić information content (AvgIpc) is 2.70. The van der Waals surface area contributed by atoms with Crippen molar-refractivity contribution in [3.05, 3.63) is 59.7 Å². The van der Waals surface area contributed by atoms with Crippen molar-refractivity contribution in [1.82, 2.24) is 10.3 Å². The van der Waals surface area contributed by atoms with Gasteiger partial charge in [0.15, 0.2) is 6.61 Å². The van der Waals surface area contributed by atoms with E-state index in [1.807, 2.05) is 43.3 Å². The minimum absolute atomic E-state index is 0.0105. The number of hydrazone groups is 1. The van der Waals surface area contributed by atoms with Crippen LogP contribution in [0.15, 0.2) is 53.6 Å². The van der Waals surface area contributed by atoms with Crippen molar-refractivity contribution in [3.8, 4) is 5.75 Å². The Morgan fingerprint density at radius 3 is 2.29 bits per heavy atom. The van der Waals surface area contributed by atoms with Gasteiger partial charge in [-0.3, -0.25) is 9.59 Å². The number of hydrogen-bond donors (Lipinski definition) is 2. The number of amides is 2. The summed E-state index contributed by atoms with van der Waals surface area (Å²) >= 11 is 0.